The van der Waals surface area contributed by atoms with Gasteiger partial charge in [0.25, 0.3) is 0 Å². The average Bonchev–Trinajstić information content (AvgIpc) is 3.23. The Labute approximate surface area is 163 Å². The fourth-order valence-electron chi connectivity index (χ4n) is 3.43. The molecule has 0 saturated heterocycles. The predicted octanol–water partition coefficient (Wildman–Crippen LogP) is 4.05. The van der Waals surface area contributed by atoms with Crippen LogP contribution in [0.25, 0.3) is 0 Å². The van der Waals surface area contributed by atoms with E-state index in [1.165, 1.54) is 44.1 Å². The quantitative estimate of drug-likeness (QED) is 0.273. The summed E-state index contributed by atoms with van der Waals surface area (Å²) >= 11 is 0. The number of aliphatic imine (C=N–C) groups is 1. The maximum Gasteiger partial charge on any atom is 0.191 e. The third kappa shape index (κ3) is 6.26. The second-order valence-corrected chi connectivity index (χ2v) is 6.38. The van der Waals surface area contributed by atoms with Gasteiger partial charge in [-0.3, -0.25) is 4.99 Å². The molecule has 138 valence electrons. The number of hydrogen-bond acceptors (Lipinski definition) is 3. The Morgan fingerprint density at radius 1 is 1.21 bits per heavy atom. The highest BCUT2D eigenvalue weighted by molar-refractivity contribution is 14.0. The minimum atomic E-state index is 0. The molecule has 1 aromatic heterocycles. The van der Waals surface area contributed by atoms with Gasteiger partial charge >= 0.3 is 0 Å². The molecule has 0 spiro atoms. The smallest absolute Gasteiger partial charge is 0.191 e. The highest BCUT2D eigenvalue weighted by Gasteiger charge is 2.15. The summed E-state index contributed by atoms with van der Waals surface area (Å²) in [5, 5.41) is 11.0. The molecule has 0 bridgehead atoms. The number of halogens is 1. The molecule has 1 aromatic rings. The van der Waals surface area contributed by atoms with Crippen LogP contribution in [0.3, 0.4) is 0 Å². The van der Waals surface area contributed by atoms with Crippen molar-refractivity contribution in [3.63, 3.8) is 0 Å². The lowest BCUT2D eigenvalue weighted by atomic mass is 10.0. The molecule has 5 nitrogen and oxygen atoms in total. The maximum absolute atomic E-state index is 5.41. The van der Waals surface area contributed by atoms with Crippen molar-refractivity contribution in [1.29, 1.82) is 0 Å². The number of aryl methyl sites for hydroxylation is 2. The number of aromatic nitrogens is 1. The molecule has 0 atom stereocenters. The fourth-order valence-corrected chi connectivity index (χ4v) is 3.43. The molecule has 0 aliphatic heterocycles. The van der Waals surface area contributed by atoms with Crippen LogP contribution in [0.5, 0.6) is 0 Å². The first-order chi connectivity index (χ1) is 11.3. The minimum Gasteiger partial charge on any atom is -0.361 e. The second kappa shape index (κ2) is 11.7. The molecule has 1 heterocycles. The Balaban J connectivity index is 0.00000288. The van der Waals surface area contributed by atoms with E-state index in [2.05, 4.69) is 34.6 Å². The lowest BCUT2D eigenvalue weighted by Crippen LogP contribution is -2.37. The van der Waals surface area contributed by atoms with Crippen LogP contribution >= 0.6 is 24.0 Å². The third-order valence-corrected chi connectivity index (χ3v) is 4.82. The van der Waals surface area contributed by atoms with Crippen molar-refractivity contribution >= 4 is 29.9 Å². The number of nitrogens with zero attached hydrogens (tertiary/aromatic N) is 2. The van der Waals surface area contributed by atoms with Crippen molar-refractivity contribution in [2.75, 3.05) is 13.6 Å². The third-order valence-electron chi connectivity index (χ3n) is 4.82. The number of rotatable bonds is 8. The Hall–Kier alpha value is -0.790. The molecule has 2 N–H and O–H groups in total. The summed E-state index contributed by atoms with van der Waals surface area (Å²) in [6, 6.07) is 0. The Bertz CT molecular complexity index is 474. The average molecular weight is 448 g/mol. The van der Waals surface area contributed by atoms with Gasteiger partial charge < -0.3 is 15.2 Å². The van der Waals surface area contributed by atoms with Gasteiger partial charge in [0, 0.05) is 32.1 Å². The number of hydrogen-bond donors (Lipinski definition) is 2. The van der Waals surface area contributed by atoms with Gasteiger partial charge in [-0.2, -0.15) is 0 Å². The molecule has 0 unspecified atom stereocenters. The topological polar surface area (TPSA) is 62.5 Å². The normalized spacial score (nSPS) is 15.4. The van der Waals surface area contributed by atoms with Gasteiger partial charge in [0.1, 0.15) is 5.76 Å². The summed E-state index contributed by atoms with van der Waals surface area (Å²) in [5.74, 6) is 2.80. The van der Waals surface area contributed by atoms with Crippen LogP contribution in [0.4, 0.5) is 0 Å². The van der Waals surface area contributed by atoms with E-state index in [0.717, 1.165) is 49.3 Å². The van der Waals surface area contributed by atoms with Crippen molar-refractivity contribution in [2.24, 2.45) is 10.9 Å². The van der Waals surface area contributed by atoms with E-state index in [0.29, 0.717) is 0 Å². The zero-order valence-corrected chi connectivity index (χ0v) is 17.7. The molecule has 1 saturated carbocycles. The van der Waals surface area contributed by atoms with Gasteiger partial charge in [0.2, 0.25) is 0 Å². The largest absolute Gasteiger partial charge is 0.361 e. The Morgan fingerprint density at radius 3 is 2.58 bits per heavy atom. The van der Waals surface area contributed by atoms with Crippen LogP contribution in [0.2, 0.25) is 0 Å². The highest BCUT2D eigenvalue weighted by atomic mass is 127. The molecule has 6 heteroatoms. The van der Waals surface area contributed by atoms with E-state index >= 15 is 0 Å². The monoisotopic (exact) mass is 448 g/mol. The highest BCUT2D eigenvalue weighted by Crippen LogP contribution is 2.28. The predicted molar refractivity (Wildman–Crippen MR) is 110 cm³/mol. The first-order valence-electron chi connectivity index (χ1n) is 9.19. The minimum absolute atomic E-state index is 0. The number of nitrogens with one attached hydrogen (secondary N) is 2. The molecule has 0 aromatic carbocycles. The van der Waals surface area contributed by atoms with Crippen LogP contribution in [0.1, 0.15) is 69.4 Å². The van der Waals surface area contributed by atoms with Crippen molar-refractivity contribution in [1.82, 2.24) is 15.8 Å². The molecule has 0 radical (unpaired) electrons. The van der Waals surface area contributed by atoms with Crippen LogP contribution in [0, 0.1) is 5.92 Å². The standard InChI is InChI=1S/C18H32N4O.HI/c1-4-16-15(17(5-2)23-22-16)13-21-18(19-3)20-12-8-11-14-9-6-7-10-14;/h14H,4-13H2,1-3H3,(H2,19,20,21);1H. The van der Waals surface area contributed by atoms with Gasteiger partial charge in [0.05, 0.1) is 5.69 Å². The fraction of sp³-hybridized carbons (Fsp3) is 0.778. The summed E-state index contributed by atoms with van der Waals surface area (Å²) in [5.41, 5.74) is 2.23. The zero-order chi connectivity index (χ0) is 16.5. The van der Waals surface area contributed by atoms with Gasteiger partial charge in [0.15, 0.2) is 5.96 Å². The zero-order valence-electron chi connectivity index (χ0n) is 15.4. The van der Waals surface area contributed by atoms with Gasteiger partial charge in [-0.05, 0) is 25.2 Å². The SMILES string of the molecule is CCc1noc(CC)c1CNC(=NC)NCCCC1CCCC1.I. The molecule has 0 amide bonds. The summed E-state index contributed by atoms with van der Waals surface area (Å²) in [6.45, 7) is 5.91. The molecule has 1 aliphatic rings. The van der Waals surface area contributed by atoms with Gasteiger partial charge in [-0.15, -0.1) is 24.0 Å². The van der Waals surface area contributed by atoms with Crippen LogP contribution in [-0.4, -0.2) is 24.7 Å². The van der Waals surface area contributed by atoms with Crippen LogP contribution in [0.15, 0.2) is 9.52 Å². The summed E-state index contributed by atoms with van der Waals surface area (Å²) < 4.78 is 5.41. The van der Waals surface area contributed by atoms with E-state index in [9.17, 15) is 0 Å². The summed E-state index contributed by atoms with van der Waals surface area (Å²) in [4.78, 5) is 4.31. The van der Waals surface area contributed by atoms with E-state index in [-0.39, 0.29) is 24.0 Å². The molecule has 1 aliphatic carbocycles. The number of guanidine groups is 1. The van der Waals surface area contributed by atoms with Crippen LogP contribution < -0.4 is 10.6 Å². The van der Waals surface area contributed by atoms with E-state index in [4.69, 9.17) is 4.52 Å². The molecule has 24 heavy (non-hydrogen) atoms. The van der Waals surface area contributed by atoms with Crippen molar-refractivity contribution in [2.45, 2.75) is 71.8 Å². The molecule has 2 rings (SSSR count). The van der Waals surface area contributed by atoms with E-state index in [1.54, 1.807) is 0 Å². The lowest BCUT2D eigenvalue weighted by Gasteiger charge is -2.13. The molecule has 1 fully saturated rings. The van der Waals surface area contributed by atoms with E-state index in [1.807, 2.05) is 7.05 Å². The van der Waals surface area contributed by atoms with Crippen molar-refractivity contribution in [3.05, 3.63) is 17.0 Å². The lowest BCUT2D eigenvalue weighted by molar-refractivity contribution is 0.380. The van der Waals surface area contributed by atoms with Crippen molar-refractivity contribution < 1.29 is 4.52 Å². The van der Waals surface area contributed by atoms with Gasteiger partial charge in [-0.25, -0.2) is 0 Å². The maximum atomic E-state index is 5.41. The summed E-state index contributed by atoms with van der Waals surface area (Å²) in [6.07, 6.45) is 10.1. The first kappa shape index (κ1) is 21.3. The van der Waals surface area contributed by atoms with Crippen molar-refractivity contribution in [3.8, 4) is 0 Å². The molecular formula is C18H33IN4O. The summed E-state index contributed by atoms with van der Waals surface area (Å²) in [7, 11) is 1.82. The second-order valence-electron chi connectivity index (χ2n) is 6.38. The first-order valence-corrected chi connectivity index (χ1v) is 9.19. The molecular weight excluding hydrogens is 415 g/mol. The van der Waals surface area contributed by atoms with Gasteiger partial charge in [-0.1, -0.05) is 44.7 Å². The van der Waals surface area contributed by atoms with E-state index < -0.39 is 0 Å². The Kier molecular flexibility index (Phi) is 10.4. The Morgan fingerprint density at radius 2 is 1.96 bits per heavy atom. The van der Waals surface area contributed by atoms with Crippen LogP contribution in [-0.2, 0) is 19.4 Å².